The molecule has 0 bridgehead atoms. The number of rotatable bonds is 5. The molecule has 0 spiro atoms. The summed E-state index contributed by atoms with van der Waals surface area (Å²) < 4.78 is 0. The number of aliphatic hydroxyl groups excluding tert-OH is 1. The Balaban J connectivity index is 1.92. The quantitative estimate of drug-likeness (QED) is 0.877. The van der Waals surface area contributed by atoms with Crippen LogP contribution >= 0.6 is 0 Å². The van der Waals surface area contributed by atoms with E-state index in [1.165, 1.54) is 11.1 Å². The maximum absolute atomic E-state index is 12.4. The zero-order valence-electron chi connectivity index (χ0n) is 14.8. The molecule has 23 heavy (non-hydrogen) atoms. The van der Waals surface area contributed by atoms with Gasteiger partial charge < -0.3 is 15.3 Å². The van der Waals surface area contributed by atoms with E-state index < -0.39 is 0 Å². The number of likely N-dealkylation sites (tertiary alicyclic amines) is 1. The van der Waals surface area contributed by atoms with Crippen LogP contribution in [0.3, 0.4) is 0 Å². The average Bonchev–Trinajstić information content (AvgIpc) is 2.93. The first-order valence-electron chi connectivity index (χ1n) is 8.60. The highest BCUT2D eigenvalue weighted by Crippen LogP contribution is 2.24. The molecule has 128 valence electrons. The summed E-state index contributed by atoms with van der Waals surface area (Å²) in [5, 5.41) is 12.4. The van der Waals surface area contributed by atoms with Crippen molar-refractivity contribution in [2.24, 2.45) is 11.8 Å². The van der Waals surface area contributed by atoms with E-state index in [0.29, 0.717) is 19.0 Å². The summed E-state index contributed by atoms with van der Waals surface area (Å²) in [7, 11) is 0. The Labute approximate surface area is 139 Å². The molecular formula is C19H30N2O2. The maximum Gasteiger partial charge on any atom is 0.317 e. The first-order valence-corrected chi connectivity index (χ1v) is 8.60. The lowest BCUT2D eigenvalue weighted by Gasteiger charge is -2.27. The van der Waals surface area contributed by atoms with E-state index in [9.17, 15) is 9.90 Å². The predicted octanol–water partition coefficient (Wildman–Crippen LogP) is 2.80. The molecule has 1 heterocycles. The van der Waals surface area contributed by atoms with Crippen molar-refractivity contribution in [1.82, 2.24) is 10.2 Å². The van der Waals surface area contributed by atoms with E-state index in [1.807, 2.05) is 4.90 Å². The number of amides is 2. The number of benzene rings is 1. The Morgan fingerprint density at radius 3 is 2.48 bits per heavy atom. The monoisotopic (exact) mass is 318 g/mol. The second-order valence-corrected chi connectivity index (χ2v) is 7.42. The highest BCUT2D eigenvalue weighted by Gasteiger charge is 2.32. The molecule has 1 aromatic rings. The number of aryl methyl sites for hydroxylation is 1. The third kappa shape index (κ3) is 4.25. The molecule has 1 saturated heterocycles. The van der Waals surface area contributed by atoms with Gasteiger partial charge in [0, 0.05) is 37.6 Å². The van der Waals surface area contributed by atoms with E-state index in [-0.39, 0.29) is 24.0 Å². The van der Waals surface area contributed by atoms with Gasteiger partial charge in [0.05, 0.1) is 0 Å². The lowest BCUT2D eigenvalue weighted by molar-refractivity contribution is 0.194. The Morgan fingerprint density at radius 2 is 1.96 bits per heavy atom. The predicted molar refractivity (Wildman–Crippen MR) is 93.6 cm³/mol. The van der Waals surface area contributed by atoms with Gasteiger partial charge in [-0.15, -0.1) is 0 Å². The summed E-state index contributed by atoms with van der Waals surface area (Å²) in [6.45, 7) is 10.7. The Kier molecular flexibility index (Phi) is 5.69. The van der Waals surface area contributed by atoms with Crippen molar-refractivity contribution in [3.8, 4) is 0 Å². The van der Waals surface area contributed by atoms with Crippen LogP contribution in [0.4, 0.5) is 4.79 Å². The summed E-state index contributed by atoms with van der Waals surface area (Å²) >= 11 is 0. The van der Waals surface area contributed by atoms with Crippen LogP contribution in [0.1, 0.15) is 38.8 Å². The molecule has 2 rings (SSSR count). The van der Waals surface area contributed by atoms with Crippen molar-refractivity contribution in [1.29, 1.82) is 0 Å². The summed E-state index contributed by atoms with van der Waals surface area (Å²) in [5.41, 5.74) is 2.46. The van der Waals surface area contributed by atoms with E-state index in [2.05, 4.69) is 57.3 Å². The van der Waals surface area contributed by atoms with Gasteiger partial charge >= 0.3 is 6.03 Å². The van der Waals surface area contributed by atoms with Crippen LogP contribution in [-0.4, -0.2) is 42.3 Å². The molecule has 2 N–H and O–H groups in total. The average molecular weight is 318 g/mol. The van der Waals surface area contributed by atoms with E-state index >= 15 is 0 Å². The standard InChI is InChI=1S/C19H30N2O2/c1-5-15-6-8-17(9-7-15)19(3,4)13-20-18(23)21-10-14(2)16(11-21)12-22/h6-9,14,16,22H,5,10-13H2,1-4H3,(H,20,23)/t14-,16+/m1/s1. The first-order chi connectivity index (χ1) is 10.9. The van der Waals surface area contributed by atoms with E-state index in [4.69, 9.17) is 0 Å². The fourth-order valence-electron chi connectivity index (χ4n) is 3.14. The normalized spacial score (nSPS) is 21.5. The molecule has 2 atom stereocenters. The minimum absolute atomic E-state index is 0.0222. The molecule has 4 heteroatoms. The molecule has 1 aromatic carbocycles. The molecule has 0 aliphatic carbocycles. The zero-order valence-corrected chi connectivity index (χ0v) is 14.8. The van der Waals surface area contributed by atoms with Gasteiger partial charge in [0.1, 0.15) is 0 Å². The van der Waals surface area contributed by atoms with E-state index in [1.54, 1.807) is 0 Å². The zero-order chi connectivity index (χ0) is 17.0. The number of nitrogens with one attached hydrogen (secondary N) is 1. The Bertz CT molecular complexity index is 525. The van der Waals surface area contributed by atoms with Crippen molar-refractivity contribution in [2.45, 2.75) is 39.5 Å². The fourth-order valence-corrected chi connectivity index (χ4v) is 3.14. The van der Waals surface area contributed by atoms with Crippen LogP contribution < -0.4 is 5.32 Å². The van der Waals surface area contributed by atoms with Gasteiger partial charge in [0.15, 0.2) is 0 Å². The molecule has 0 aromatic heterocycles. The second kappa shape index (κ2) is 7.35. The Hall–Kier alpha value is -1.55. The maximum atomic E-state index is 12.4. The molecular weight excluding hydrogens is 288 g/mol. The van der Waals surface area contributed by atoms with Crippen LogP contribution in [0, 0.1) is 11.8 Å². The summed E-state index contributed by atoms with van der Waals surface area (Å²) in [6, 6.07) is 8.61. The van der Waals surface area contributed by atoms with Gasteiger partial charge in [-0.2, -0.15) is 0 Å². The number of hydrogen-bond acceptors (Lipinski definition) is 2. The third-order valence-electron chi connectivity index (χ3n) is 5.11. The topological polar surface area (TPSA) is 52.6 Å². The molecule has 1 aliphatic heterocycles. The van der Waals surface area contributed by atoms with Gasteiger partial charge in [-0.25, -0.2) is 4.79 Å². The number of carbonyl (C=O) groups excluding carboxylic acids is 1. The van der Waals surface area contributed by atoms with Gasteiger partial charge in [-0.1, -0.05) is 52.0 Å². The van der Waals surface area contributed by atoms with Gasteiger partial charge in [-0.3, -0.25) is 0 Å². The SMILES string of the molecule is CCc1ccc(C(C)(C)CNC(=O)N2C[C@@H](CO)[C@H](C)C2)cc1. The first kappa shape index (κ1) is 17.8. The van der Waals surface area contributed by atoms with Crippen LogP contribution in [0.25, 0.3) is 0 Å². The summed E-state index contributed by atoms with van der Waals surface area (Å²) in [6.07, 6.45) is 1.04. The smallest absolute Gasteiger partial charge is 0.317 e. The van der Waals surface area contributed by atoms with E-state index in [0.717, 1.165) is 13.0 Å². The highest BCUT2D eigenvalue weighted by atomic mass is 16.3. The lowest BCUT2D eigenvalue weighted by Crippen LogP contribution is -2.44. The number of hydrogen-bond donors (Lipinski definition) is 2. The van der Waals surface area contributed by atoms with Crippen LogP contribution in [0.15, 0.2) is 24.3 Å². The molecule has 0 radical (unpaired) electrons. The largest absolute Gasteiger partial charge is 0.396 e. The van der Waals surface area contributed by atoms with Crippen LogP contribution in [0.2, 0.25) is 0 Å². The minimum atomic E-state index is -0.107. The van der Waals surface area contributed by atoms with Gasteiger partial charge in [0.2, 0.25) is 0 Å². The number of nitrogens with zero attached hydrogens (tertiary/aromatic N) is 1. The van der Waals surface area contributed by atoms with Gasteiger partial charge in [-0.05, 0) is 23.5 Å². The minimum Gasteiger partial charge on any atom is -0.396 e. The molecule has 0 saturated carbocycles. The fraction of sp³-hybridized carbons (Fsp3) is 0.632. The molecule has 1 aliphatic rings. The summed E-state index contributed by atoms with van der Waals surface area (Å²) in [4.78, 5) is 14.2. The molecule has 0 unspecified atom stereocenters. The number of carbonyl (C=O) groups is 1. The third-order valence-corrected chi connectivity index (χ3v) is 5.11. The van der Waals surface area contributed by atoms with Crippen molar-refractivity contribution in [2.75, 3.05) is 26.2 Å². The molecule has 4 nitrogen and oxygen atoms in total. The summed E-state index contributed by atoms with van der Waals surface area (Å²) in [5.74, 6) is 0.565. The highest BCUT2D eigenvalue weighted by molar-refractivity contribution is 5.74. The van der Waals surface area contributed by atoms with Crippen LogP contribution in [0.5, 0.6) is 0 Å². The number of aliphatic hydroxyl groups is 1. The molecule has 2 amide bonds. The van der Waals surface area contributed by atoms with Gasteiger partial charge in [0.25, 0.3) is 0 Å². The van der Waals surface area contributed by atoms with Crippen molar-refractivity contribution < 1.29 is 9.90 Å². The lowest BCUT2D eigenvalue weighted by atomic mass is 9.84. The number of urea groups is 1. The molecule has 1 fully saturated rings. The van der Waals surface area contributed by atoms with Crippen molar-refractivity contribution >= 4 is 6.03 Å². The van der Waals surface area contributed by atoms with Crippen LogP contribution in [-0.2, 0) is 11.8 Å². The van der Waals surface area contributed by atoms with Crippen molar-refractivity contribution in [3.63, 3.8) is 0 Å². The van der Waals surface area contributed by atoms with Crippen molar-refractivity contribution in [3.05, 3.63) is 35.4 Å². The Morgan fingerprint density at radius 1 is 1.30 bits per heavy atom. The second-order valence-electron chi connectivity index (χ2n) is 7.42.